The largest absolute Gasteiger partial charge is 0.296 e. The molecule has 0 saturated heterocycles. The first-order valence-electron chi connectivity index (χ1n) is 9.98. The first-order chi connectivity index (χ1) is 13.4. The van der Waals surface area contributed by atoms with Crippen LogP contribution >= 0.6 is 24.0 Å². The molecule has 1 unspecified atom stereocenters. The zero-order chi connectivity index (χ0) is 19.9. The lowest BCUT2D eigenvalue weighted by molar-refractivity contribution is 0.184. The molecule has 0 spiro atoms. The number of benzene rings is 2. The molecule has 0 bridgehead atoms. The molecule has 158 valence electrons. The lowest BCUT2D eigenvalue weighted by Gasteiger charge is -2.35. The second kappa shape index (κ2) is 8.94. The SMILES string of the molecule is Cc1cc(S(=O)(=O)NCCCN2CCc3cccc4c3C2CC4)c(C)cc1Cl.Cl. The maximum Gasteiger partial charge on any atom is 0.240 e. The third-order valence-electron chi connectivity index (χ3n) is 6.08. The molecule has 2 aromatic carbocycles. The predicted molar refractivity (Wildman–Crippen MR) is 121 cm³/mol. The Bertz CT molecular complexity index is 1010. The summed E-state index contributed by atoms with van der Waals surface area (Å²) in [4.78, 5) is 2.85. The Labute approximate surface area is 185 Å². The number of rotatable bonds is 6. The highest BCUT2D eigenvalue weighted by Crippen LogP contribution is 2.41. The topological polar surface area (TPSA) is 49.4 Å². The molecule has 0 radical (unpaired) electrons. The molecule has 2 aromatic rings. The van der Waals surface area contributed by atoms with E-state index in [4.69, 9.17) is 11.6 Å². The fraction of sp³-hybridized carbons (Fsp3) is 0.455. The van der Waals surface area contributed by atoms with Crippen molar-refractivity contribution < 1.29 is 8.42 Å². The number of nitrogens with one attached hydrogen (secondary N) is 1. The Morgan fingerprint density at radius 3 is 2.62 bits per heavy atom. The van der Waals surface area contributed by atoms with Gasteiger partial charge in [0.15, 0.2) is 0 Å². The van der Waals surface area contributed by atoms with E-state index in [2.05, 4.69) is 27.8 Å². The van der Waals surface area contributed by atoms with Crippen LogP contribution in [0.25, 0.3) is 0 Å². The van der Waals surface area contributed by atoms with Gasteiger partial charge in [-0.05, 0) is 79.5 Å². The lowest BCUT2D eigenvalue weighted by Crippen LogP contribution is -2.36. The summed E-state index contributed by atoms with van der Waals surface area (Å²) in [6.07, 6.45) is 4.24. The van der Waals surface area contributed by atoms with E-state index in [1.807, 2.05) is 6.92 Å². The Hall–Kier alpha value is -1.11. The highest BCUT2D eigenvalue weighted by atomic mass is 35.5. The van der Waals surface area contributed by atoms with Crippen LogP contribution < -0.4 is 4.72 Å². The van der Waals surface area contributed by atoms with Crippen molar-refractivity contribution in [2.45, 2.75) is 50.5 Å². The van der Waals surface area contributed by atoms with Crippen LogP contribution in [0.1, 0.15) is 46.7 Å². The summed E-state index contributed by atoms with van der Waals surface area (Å²) in [5.41, 5.74) is 6.00. The molecule has 2 aliphatic rings. The van der Waals surface area contributed by atoms with E-state index in [1.165, 1.54) is 17.5 Å². The van der Waals surface area contributed by atoms with Crippen molar-refractivity contribution in [3.63, 3.8) is 0 Å². The van der Waals surface area contributed by atoms with Crippen LogP contribution in [0, 0.1) is 13.8 Å². The molecule has 1 aliphatic heterocycles. The van der Waals surface area contributed by atoms with Gasteiger partial charge in [-0.1, -0.05) is 29.8 Å². The van der Waals surface area contributed by atoms with Gasteiger partial charge < -0.3 is 0 Å². The molecule has 0 saturated carbocycles. The fourth-order valence-electron chi connectivity index (χ4n) is 4.63. The molecule has 29 heavy (non-hydrogen) atoms. The molecular formula is C22H28Cl2N2O2S. The number of nitrogens with zero attached hydrogens (tertiary/aromatic N) is 1. The van der Waals surface area contributed by atoms with Gasteiger partial charge in [0.05, 0.1) is 4.90 Å². The summed E-state index contributed by atoms with van der Waals surface area (Å²) >= 11 is 6.10. The number of sulfonamides is 1. The van der Waals surface area contributed by atoms with E-state index < -0.39 is 10.0 Å². The average Bonchev–Trinajstić information content (AvgIpc) is 3.09. The molecule has 0 amide bonds. The van der Waals surface area contributed by atoms with Crippen LogP contribution in [-0.2, 0) is 22.9 Å². The summed E-state index contributed by atoms with van der Waals surface area (Å²) < 4.78 is 28.2. The highest BCUT2D eigenvalue weighted by molar-refractivity contribution is 7.89. The molecule has 7 heteroatoms. The van der Waals surface area contributed by atoms with Crippen molar-refractivity contribution in [3.05, 3.63) is 63.2 Å². The zero-order valence-electron chi connectivity index (χ0n) is 16.9. The normalized spacial score (nSPS) is 18.4. The molecular weight excluding hydrogens is 427 g/mol. The Balaban J connectivity index is 0.00000240. The van der Waals surface area contributed by atoms with Crippen LogP contribution in [-0.4, -0.2) is 33.0 Å². The fourth-order valence-corrected chi connectivity index (χ4v) is 6.23. The van der Waals surface area contributed by atoms with Crippen LogP contribution in [0.2, 0.25) is 5.02 Å². The highest BCUT2D eigenvalue weighted by Gasteiger charge is 2.32. The Morgan fingerprint density at radius 1 is 1.14 bits per heavy atom. The average molecular weight is 455 g/mol. The van der Waals surface area contributed by atoms with Crippen molar-refractivity contribution >= 4 is 34.0 Å². The van der Waals surface area contributed by atoms with Gasteiger partial charge in [-0.2, -0.15) is 0 Å². The molecule has 1 aliphatic carbocycles. The maximum atomic E-state index is 12.7. The predicted octanol–water partition coefficient (Wildman–Crippen LogP) is 4.59. The minimum absolute atomic E-state index is 0. The minimum Gasteiger partial charge on any atom is -0.296 e. The van der Waals surface area contributed by atoms with E-state index in [0.29, 0.717) is 28.1 Å². The number of halogens is 2. The van der Waals surface area contributed by atoms with Gasteiger partial charge in [0, 0.05) is 30.7 Å². The molecule has 0 fully saturated rings. The number of hydrogen-bond donors (Lipinski definition) is 1. The van der Waals surface area contributed by atoms with Gasteiger partial charge >= 0.3 is 0 Å². The van der Waals surface area contributed by atoms with Crippen molar-refractivity contribution in [1.29, 1.82) is 0 Å². The maximum absolute atomic E-state index is 12.7. The Kier molecular flexibility index (Phi) is 6.96. The summed E-state index contributed by atoms with van der Waals surface area (Å²) in [5, 5.41) is 0.595. The second-order valence-corrected chi connectivity index (χ2v) is 10.1. The quantitative estimate of drug-likeness (QED) is 0.649. The minimum atomic E-state index is -3.52. The molecule has 1 atom stereocenters. The van der Waals surface area contributed by atoms with Gasteiger partial charge in [-0.15, -0.1) is 12.4 Å². The van der Waals surface area contributed by atoms with E-state index in [-0.39, 0.29) is 12.4 Å². The lowest BCUT2D eigenvalue weighted by atomic mass is 9.93. The van der Waals surface area contributed by atoms with Crippen molar-refractivity contribution in [3.8, 4) is 0 Å². The van der Waals surface area contributed by atoms with Crippen LogP contribution in [0.5, 0.6) is 0 Å². The van der Waals surface area contributed by atoms with E-state index in [1.54, 1.807) is 24.6 Å². The molecule has 0 aromatic heterocycles. The molecule has 1 heterocycles. The Morgan fingerprint density at radius 2 is 1.86 bits per heavy atom. The monoisotopic (exact) mass is 454 g/mol. The van der Waals surface area contributed by atoms with Gasteiger partial charge in [-0.3, -0.25) is 4.90 Å². The van der Waals surface area contributed by atoms with Crippen LogP contribution in [0.3, 0.4) is 0 Å². The zero-order valence-corrected chi connectivity index (χ0v) is 19.3. The number of hydrogen-bond acceptors (Lipinski definition) is 3. The van der Waals surface area contributed by atoms with Crippen LogP contribution in [0.15, 0.2) is 35.2 Å². The first-order valence-corrected chi connectivity index (χ1v) is 11.8. The van der Waals surface area contributed by atoms with E-state index in [0.717, 1.165) is 37.9 Å². The van der Waals surface area contributed by atoms with Gasteiger partial charge in [0.25, 0.3) is 0 Å². The van der Waals surface area contributed by atoms with E-state index in [9.17, 15) is 8.42 Å². The smallest absolute Gasteiger partial charge is 0.240 e. The van der Waals surface area contributed by atoms with E-state index >= 15 is 0 Å². The van der Waals surface area contributed by atoms with Crippen LogP contribution in [0.4, 0.5) is 0 Å². The first kappa shape index (κ1) is 22.6. The van der Waals surface area contributed by atoms with Crippen molar-refractivity contribution in [1.82, 2.24) is 9.62 Å². The summed E-state index contributed by atoms with van der Waals surface area (Å²) in [6.45, 7) is 6.03. The molecule has 4 rings (SSSR count). The number of aryl methyl sites for hydroxylation is 3. The van der Waals surface area contributed by atoms with Gasteiger partial charge in [0.2, 0.25) is 10.0 Å². The third kappa shape index (κ3) is 4.49. The second-order valence-electron chi connectivity index (χ2n) is 7.95. The summed E-state index contributed by atoms with van der Waals surface area (Å²) in [5.74, 6) is 0. The summed E-state index contributed by atoms with van der Waals surface area (Å²) in [6, 6.07) is 10.6. The van der Waals surface area contributed by atoms with Gasteiger partial charge in [-0.25, -0.2) is 13.1 Å². The molecule has 1 N–H and O–H groups in total. The standard InChI is InChI=1S/C22H27ClN2O2S.ClH/c1-15-14-21(16(2)13-19(15)23)28(26,27)24-10-4-11-25-12-9-18-6-3-5-17-7-8-20(25)22(17)18;/h3,5-6,13-14,20,24H,4,7-12H2,1-2H3;1H. The summed E-state index contributed by atoms with van der Waals surface area (Å²) in [7, 11) is -3.52. The molecule has 4 nitrogen and oxygen atoms in total. The van der Waals surface area contributed by atoms with Crippen molar-refractivity contribution in [2.75, 3.05) is 19.6 Å². The third-order valence-corrected chi connectivity index (χ3v) is 8.09. The van der Waals surface area contributed by atoms with Crippen molar-refractivity contribution in [2.24, 2.45) is 0 Å². The van der Waals surface area contributed by atoms with Gasteiger partial charge in [0.1, 0.15) is 0 Å².